The summed E-state index contributed by atoms with van der Waals surface area (Å²) in [5.41, 5.74) is 0.853. The van der Waals surface area contributed by atoms with Crippen molar-refractivity contribution < 1.29 is 8.42 Å². The smallest absolute Gasteiger partial charge is 0.245 e. The zero-order valence-corrected chi connectivity index (χ0v) is 14.0. The maximum absolute atomic E-state index is 12.9. The standard InChI is InChI=1S/C16H26N2O2S/c1-4-16(5-2)11-12-18(13-16)21(19,20)15-10-8-7-9-14(15)17-6-3/h7-10,17H,4-6,11-13H2,1-3H3. The van der Waals surface area contributed by atoms with Crippen LogP contribution < -0.4 is 5.32 Å². The third-order valence-corrected chi connectivity index (χ3v) is 6.68. The van der Waals surface area contributed by atoms with Crippen molar-refractivity contribution in [3.05, 3.63) is 24.3 Å². The highest BCUT2D eigenvalue weighted by molar-refractivity contribution is 7.89. The Morgan fingerprint density at radius 1 is 1.19 bits per heavy atom. The third-order valence-electron chi connectivity index (χ3n) is 4.78. The molecular weight excluding hydrogens is 284 g/mol. The summed E-state index contributed by atoms with van der Waals surface area (Å²) in [6.07, 6.45) is 3.03. The van der Waals surface area contributed by atoms with Gasteiger partial charge in [-0.15, -0.1) is 0 Å². The molecule has 0 aliphatic carbocycles. The van der Waals surface area contributed by atoms with Gasteiger partial charge in [0, 0.05) is 19.6 Å². The van der Waals surface area contributed by atoms with E-state index >= 15 is 0 Å². The molecule has 0 amide bonds. The molecule has 1 aromatic carbocycles. The molecule has 0 radical (unpaired) electrons. The molecule has 1 fully saturated rings. The van der Waals surface area contributed by atoms with Gasteiger partial charge < -0.3 is 5.32 Å². The lowest BCUT2D eigenvalue weighted by atomic mass is 9.82. The van der Waals surface area contributed by atoms with Gasteiger partial charge in [0.2, 0.25) is 10.0 Å². The van der Waals surface area contributed by atoms with Crippen LogP contribution in [-0.2, 0) is 10.0 Å². The van der Waals surface area contributed by atoms with Gasteiger partial charge in [-0.2, -0.15) is 4.31 Å². The SMILES string of the molecule is CCNc1ccccc1S(=O)(=O)N1CCC(CC)(CC)C1. The highest BCUT2D eigenvalue weighted by atomic mass is 32.2. The van der Waals surface area contributed by atoms with E-state index in [1.54, 1.807) is 16.4 Å². The third kappa shape index (κ3) is 3.09. The van der Waals surface area contributed by atoms with Crippen molar-refractivity contribution in [3.63, 3.8) is 0 Å². The first kappa shape index (κ1) is 16.3. The minimum atomic E-state index is -3.41. The van der Waals surface area contributed by atoms with Crippen LogP contribution in [-0.4, -0.2) is 32.4 Å². The Kier molecular flexibility index (Phi) is 4.94. The maximum Gasteiger partial charge on any atom is 0.245 e. The fourth-order valence-electron chi connectivity index (χ4n) is 3.09. The van der Waals surface area contributed by atoms with Gasteiger partial charge in [0.25, 0.3) is 0 Å². The molecule has 118 valence electrons. The van der Waals surface area contributed by atoms with Crippen LogP contribution in [0.25, 0.3) is 0 Å². The zero-order chi connectivity index (χ0) is 15.5. The number of nitrogens with one attached hydrogen (secondary N) is 1. The molecule has 1 aliphatic heterocycles. The first-order valence-electron chi connectivity index (χ1n) is 7.82. The summed E-state index contributed by atoms with van der Waals surface area (Å²) >= 11 is 0. The number of para-hydroxylation sites is 1. The average Bonchev–Trinajstić information content (AvgIpc) is 2.94. The van der Waals surface area contributed by atoms with Crippen molar-refractivity contribution in [3.8, 4) is 0 Å². The first-order chi connectivity index (χ1) is 9.99. The summed E-state index contributed by atoms with van der Waals surface area (Å²) in [4.78, 5) is 0.398. The maximum atomic E-state index is 12.9. The number of sulfonamides is 1. The first-order valence-corrected chi connectivity index (χ1v) is 9.26. The lowest BCUT2D eigenvalue weighted by Gasteiger charge is -2.26. The predicted octanol–water partition coefficient (Wildman–Crippen LogP) is 3.32. The van der Waals surface area contributed by atoms with Crippen LogP contribution in [0.2, 0.25) is 0 Å². The monoisotopic (exact) mass is 310 g/mol. The second-order valence-corrected chi connectivity index (χ2v) is 7.73. The van der Waals surface area contributed by atoms with Crippen LogP contribution >= 0.6 is 0 Å². The van der Waals surface area contributed by atoms with Crippen molar-refractivity contribution in [1.29, 1.82) is 0 Å². The minimum Gasteiger partial charge on any atom is -0.384 e. The van der Waals surface area contributed by atoms with Crippen LogP contribution in [0.1, 0.15) is 40.0 Å². The number of anilines is 1. The van der Waals surface area contributed by atoms with Crippen LogP contribution in [0, 0.1) is 5.41 Å². The molecule has 1 N–H and O–H groups in total. The number of hydrogen-bond acceptors (Lipinski definition) is 3. The molecule has 0 bridgehead atoms. The molecule has 5 heteroatoms. The summed E-state index contributed by atoms with van der Waals surface area (Å²) in [5.74, 6) is 0. The lowest BCUT2D eigenvalue weighted by molar-refractivity contribution is 0.279. The fraction of sp³-hybridized carbons (Fsp3) is 0.625. The summed E-state index contributed by atoms with van der Waals surface area (Å²) in [7, 11) is -3.41. The predicted molar refractivity (Wildman–Crippen MR) is 87.0 cm³/mol. The van der Waals surface area contributed by atoms with Gasteiger partial charge in [-0.05, 0) is 43.7 Å². The molecule has 21 heavy (non-hydrogen) atoms. The fourth-order valence-corrected chi connectivity index (χ4v) is 4.82. The van der Waals surface area contributed by atoms with E-state index in [0.29, 0.717) is 30.2 Å². The van der Waals surface area contributed by atoms with E-state index < -0.39 is 10.0 Å². The molecule has 0 atom stereocenters. The number of rotatable bonds is 6. The van der Waals surface area contributed by atoms with Gasteiger partial charge in [-0.1, -0.05) is 26.0 Å². The molecular formula is C16H26N2O2S. The van der Waals surface area contributed by atoms with Gasteiger partial charge in [-0.25, -0.2) is 8.42 Å². The minimum absolute atomic E-state index is 0.153. The highest BCUT2D eigenvalue weighted by Gasteiger charge is 2.41. The van der Waals surface area contributed by atoms with Gasteiger partial charge >= 0.3 is 0 Å². The zero-order valence-electron chi connectivity index (χ0n) is 13.2. The summed E-state index contributed by atoms with van der Waals surface area (Å²) < 4.78 is 27.5. The molecule has 2 rings (SSSR count). The molecule has 1 heterocycles. The largest absolute Gasteiger partial charge is 0.384 e. The van der Waals surface area contributed by atoms with Gasteiger partial charge in [0.05, 0.1) is 5.69 Å². The second kappa shape index (κ2) is 6.36. The number of hydrogen-bond donors (Lipinski definition) is 1. The normalized spacial score (nSPS) is 18.8. The highest BCUT2D eigenvalue weighted by Crippen LogP contribution is 2.40. The molecule has 0 spiro atoms. The van der Waals surface area contributed by atoms with E-state index in [1.165, 1.54) is 0 Å². The van der Waals surface area contributed by atoms with E-state index in [-0.39, 0.29) is 5.41 Å². The quantitative estimate of drug-likeness (QED) is 0.877. The van der Waals surface area contributed by atoms with Gasteiger partial charge in [-0.3, -0.25) is 0 Å². The van der Waals surface area contributed by atoms with E-state index in [1.807, 2.05) is 19.1 Å². The Morgan fingerprint density at radius 3 is 2.43 bits per heavy atom. The summed E-state index contributed by atoms with van der Waals surface area (Å²) in [6, 6.07) is 7.19. The Labute approximate surface area is 128 Å². The molecule has 0 aromatic heterocycles. The molecule has 1 saturated heterocycles. The van der Waals surface area contributed by atoms with Crippen LogP contribution in [0.3, 0.4) is 0 Å². The van der Waals surface area contributed by atoms with E-state index in [4.69, 9.17) is 0 Å². The molecule has 1 aromatic rings. The Balaban J connectivity index is 2.32. The van der Waals surface area contributed by atoms with Crippen molar-refractivity contribution in [2.75, 3.05) is 25.0 Å². The van der Waals surface area contributed by atoms with Crippen LogP contribution in [0.5, 0.6) is 0 Å². The van der Waals surface area contributed by atoms with Crippen molar-refractivity contribution in [2.24, 2.45) is 5.41 Å². The van der Waals surface area contributed by atoms with Gasteiger partial charge in [0.15, 0.2) is 0 Å². The summed E-state index contributed by atoms with van der Waals surface area (Å²) in [6.45, 7) is 8.27. The number of benzene rings is 1. The number of nitrogens with zero attached hydrogens (tertiary/aromatic N) is 1. The molecule has 1 aliphatic rings. The molecule has 0 unspecified atom stereocenters. The Hall–Kier alpha value is -1.07. The van der Waals surface area contributed by atoms with Gasteiger partial charge in [0.1, 0.15) is 4.90 Å². The lowest BCUT2D eigenvalue weighted by Crippen LogP contribution is -2.32. The average molecular weight is 310 g/mol. The van der Waals surface area contributed by atoms with Crippen LogP contribution in [0.15, 0.2) is 29.2 Å². The van der Waals surface area contributed by atoms with Crippen molar-refractivity contribution in [2.45, 2.75) is 44.9 Å². The topological polar surface area (TPSA) is 49.4 Å². The van der Waals surface area contributed by atoms with E-state index in [0.717, 1.165) is 19.3 Å². The van der Waals surface area contributed by atoms with Crippen molar-refractivity contribution in [1.82, 2.24) is 4.31 Å². The van der Waals surface area contributed by atoms with Crippen molar-refractivity contribution >= 4 is 15.7 Å². The second-order valence-electron chi connectivity index (χ2n) is 5.82. The van der Waals surface area contributed by atoms with E-state index in [2.05, 4.69) is 19.2 Å². The Morgan fingerprint density at radius 2 is 1.86 bits per heavy atom. The van der Waals surface area contributed by atoms with Crippen LogP contribution in [0.4, 0.5) is 5.69 Å². The Bertz CT molecular complexity index is 580. The van der Waals surface area contributed by atoms with E-state index in [9.17, 15) is 8.42 Å². The summed E-state index contributed by atoms with van der Waals surface area (Å²) in [5, 5.41) is 3.15. The molecule has 0 saturated carbocycles. The molecule has 4 nitrogen and oxygen atoms in total.